The van der Waals surface area contributed by atoms with E-state index < -0.39 is 6.04 Å². The number of carbonyl (C=O) groups excluding carboxylic acids is 2. The lowest BCUT2D eigenvalue weighted by molar-refractivity contribution is -0.136. The maximum Gasteiger partial charge on any atom is 0.248 e. The van der Waals surface area contributed by atoms with Crippen LogP contribution in [0.3, 0.4) is 0 Å². The smallest absolute Gasteiger partial charge is 0.248 e. The van der Waals surface area contributed by atoms with Gasteiger partial charge in [0.25, 0.3) is 0 Å². The summed E-state index contributed by atoms with van der Waals surface area (Å²) in [6.07, 6.45) is 3.51. The third-order valence-corrected chi connectivity index (χ3v) is 4.15. The largest absolute Gasteiger partial charge is 0.330 e. The lowest BCUT2D eigenvalue weighted by atomic mass is 10.1. The van der Waals surface area contributed by atoms with E-state index in [1.54, 1.807) is 28.9 Å². The molecular weight excluding hydrogens is 292 g/mol. The quantitative estimate of drug-likeness (QED) is 0.932. The number of nitrogens with one attached hydrogen (secondary N) is 1. The van der Waals surface area contributed by atoms with Crippen molar-refractivity contribution in [3.05, 3.63) is 48.2 Å². The molecule has 1 aromatic heterocycles. The van der Waals surface area contributed by atoms with Crippen LogP contribution >= 0.6 is 0 Å². The lowest BCUT2D eigenvalue weighted by Crippen LogP contribution is -2.44. The molecule has 0 unspecified atom stereocenters. The van der Waals surface area contributed by atoms with Gasteiger partial charge in [-0.05, 0) is 18.4 Å². The highest BCUT2D eigenvalue weighted by Crippen LogP contribution is 2.20. The molecule has 3 rings (SSSR count). The molecule has 1 N–H and O–H groups in total. The first-order chi connectivity index (χ1) is 11.1. The molecule has 6 nitrogen and oxygen atoms in total. The highest BCUT2D eigenvalue weighted by atomic mass is 16.2. The van der Waals surface area contributed by atoms with Crippen molar-refractivity contribution in [2.45, 2.75) is 25.3 Å². The van der Waals surface area contributed by atoms with Gasteiger partial charge in [0.1, 0.15) is 11.9 Å². The number of rotatable bonds is 4. The first-order valence-corrected chi connectivity index (χ1v) is 7.77. The van der Waals surface area contributed by atoms with Gasteiger partial charge in [-0.25, -0.2) is 0 Å². The third-order valence-electron chi connectivity index (χ3n) is 4.15. The van der Waals surface area contributed by atoms with Crippen LogP contribution in [0.1, 0.15) is 18.4 Å². The van der Waals surface area contributed by atoms with Crippen molar-refractivity contribution in [3.63, 3.8) is 0 Å². The van der Waals surface area contributed by atoms with Gasteiger partial charge in [0.15, 0.2) is 0 Å². The molecule has 0 aliphatic carbocycles. The maximum atomic E-state index is 12.5. The molecule has 1 aliphatic rings. The first-order valence-electron chi connectivity index (χ1n) is 7.77. The highest BCUT2D eigenvalue weighted by Gasteiger charge is 2.34. The molecule has 6 heteroatoms. The Morgan fingerprint density at radius 1 is 1.26 bits per heavy atom. The SMILES string of the molecule is Cn1nccc1NC(=O)[C@H]1CCCN1C(=O)Cc1ccccc1. The van der Waals surface area contributed by atoms with E-state index >= 15 is 0 Å². The fourth-order valence-electron chi connectivity index (χ4n) is 2.92. The second kappa shape index (κ2) is 6.64. The molecule has 1 aliphatic heterocycles. The summed E-state index contributed by atoms with van der Waals surface area (Å²) in [4.78, 5) is 26.7. The summed E-state index contributed by atoms with van der Waals surface area (Å²) >= 11 is 0. The Hall–Kier alpha value is -2.63. The Balaban J connectivity index is 1.66. The molecule has 120 valence electrons. The van der Waals surface area contributed by atoms with E-state index in [0.717, 1.165) is 12.0 Å². The van der Waals surface area contributed by atoms with Crippen LogP contribution in [0.15, 0.2) is 42.6 Å². The maximum absolute atomic E-state index is 12.5. The average Bonchev–Trinajstić information content (AvgIpc) is 3.18. The monoisotopic (exact) mass is 312 g/mol. The standard InChI is InChI=1S/C17H20N4O2/c1-20-15(9-10-18-20)19-17(23)14-8-5-11-21(14)16(22)12-13-6-3-2-4-7-13/h2-4,6-7,9-10,14H,5,8,11-12H2,1H3,(H,19,23)/t14-/m1/s1. The van der Waals surface area contributed by atoms with E-state index in [2.05, 4.69) is 10.4 Å². The van der Waals surface area contributed by atoms with Crippen LogP contribution in [0.5, 0.6) is 0 Å². The Kier molecular flexibility index (Phi) is 4.41. The second-order valence-corrected chi connectivity index (χ2v) is 5.74. The van der Waals surface area contributed by atoms with Crippen molar-refractivity contribution < 1.29 is 9.59 Å². The van der Waals surface area contributed by atoms with Crippen LogP contribution in [0.25, 0.3) is 0 Å². The van der Waals surface area contributed by atoms with Gasteiger partial charge in [0.2, 0.25) is 11.8 Å². The number of benzene rings is 1. The molecule has 0 saturated carbocycles. The summed E-state index contributed by atoms with van der Waals surface area (Å²) in [5.41, 5.74) is 0.968. The van der Waals surface area contributed by atoms with E-state index in [1.165, 1.54) is 0 Å². The zero-order chi connectivity index (χ0) is 16.2. The molecular formula is C17H20N4O2. The summed E-state index contributed by atoms with van der Waals surface area (Å²) in [5.74, 6) is 0.490. The molecule has 23 heavy (non-hydrogen) atoms. The van der Waals surface area contributed by atoms with E-state index in [1.807, 2.05) is 30.3 Å². The molecule has 0 radical (unpaired) electrons. The summed E-state index contributed by atoms with van der Waals surface area (Å²) in [6, 6.07) is 11.0. The fourth-order valence-corrected chi connectivity index (χ4v) is 2.92. The van der Waals surface area contributed by atoms with E-state index in [9.17, 15) is 9.59 Å². The first kappa shape index (κ1) is 15.3. The van der Waals surface area contributed by atoms with Crippen LogP contribution in [0.4, 0.5) is 5.82 Å². The number of aryl methyl sites for hydroxylation is 1. The van der Waals surface area contributed by atoms with Gasteiger partial charge in [0.05, 0.1) is 12.6 Å². The molecule has 2 aromatic rings. The predicted octanol–water partition coefficient (Wildman–Crippen LogP) is 1.59. The van der Waals surface area contributed by atoms with Crippen molar-refractivity contribution in [3.8, 4) is 0 Å². The molecule has 2 amide bonds. The van der Waals surface area contributed by atoms with E-state index in [0.29, 0.717) is 25.2 Å². The van der Waals surface area contributed by atoms with Crippen LogP contribution in [-0.2, 0) is 23.1 Å². The predicted molar refractivity (Wildman–Crippen MR) is 86.7 cm³/mol. The van der Waals surface area contributed by atoms with Gasteiger partial charge in [-0.2, -0.15) is 5.10 Å². The summed E-state index contributed by atoms with van der Waals surface area (Å²) in [6.45, 7) is 0.634. The van der Waals surface area contributed by atoms with E-state index in [4.69, 9.17) is 0 Å². The average molecular weight is 312 g/mol. The summed E-state index contributed by atoms with van der Waals surface area (Å²) in [5, 5.41) is 6.88. The molecule has 1 saturated heterocycles. The molecule has 0 spiro atoms. The van der Waals surface area contributed by atoms with Gasteiger partial charge in [0, 0.05) is 19.7 Å². The number of hydrogen-bond acceptors (Lipinski definition) is 3. The van der Waals surface area contributed by atoms with Gasteiger partial charge < -0.3 is 10.2 Å². The summed E-state index contributed by atoms with van der Waals surface area (Å²) < 4.78 is 1.60. The molecule has 1 aromatic carbocycles. The third kappa shape index (κ3) is 3.41. The number of hydrogen-bond donors (Lipinski definition) is 1. The van der Waals surface area contributed by atoms with Gasteiger partial charge in [-0.3, -0.25) is 14.3 Å². The van der Waals surface area contributed by atoms with Gasteiger partial charge in [-0.1, -0.05) is 30.3 Å². The number of aromatic nitrogens is 2. The van der Waals surface area contributed by atoms with Gasteiger partial charge in [-0.15, -0.1) is 0 Å². The van der Waals surface area contributed by atoms with Crippen LogP contribution < -0.4 is 5.32 Å². The van der Waals surface area contributed by atoms with Crippen LogP contribution in [-0.4, -0.2) is 39.1 Å². The zero-order valence-electron chi connectivity index (χ0n) is 13.1. The van der Waals surface area contributed by atoms with Gasteiger partial charge >= 0.3 is 0 Å². The normalized spacial score (nSPS) is 17.3. The zero-order valence-corrected chi connectivity index (χ0v) is 13.1. The van der Waals surface area contributed by atoms with Crippen LogP contribution in [0, 0.1) is 0 Å². The molecule has 2 heterocycles. The van der Waals surface area contributed by atoms with E-state index in [-0.39, 0.29) is 11.8 Å². The van der Waals surface area contributed by atoms with Crippen molar-refractivity contribution in [1.29, 1.82) is 0 Å². The summed E-state index contributed by atoms with van der Waals surface area (Å²) in [7, 11) is 1.77. The number of anilines is 1. The Morgan fingerprint density at radius 2 is 2.04 bits per heavy atom. The Labute approximate surface area is 135 Å². The van der Waals surface area contributed by atoms with Crippen LogP contribution in [0.2, 0.25) is 0 Å². The highest BCUT2D eigenvalue weighted by molar-refractivity contribution is 5.97. The molecule has 1 fully saturated rings. The fraction of sp³-hybridized carbons (Fsp3) is 0.353. The van der Waals surface area contributed by atoms with Crippen molar-refractivity contribution >= 4 is 17.6 Å². The van der Waals surface area contributed by atoms with Crippen molar-refractivity contribution in [1.82, 2.24) is 14.7 Å². The number of amides is 2. The minimum Gasteiger partial charge on any atom is -0.330 e. The lowest BCUT2D eigenvalue weighted by Gasteiger charge is -2.24. The van der Waals surface area contributed by atoms with Crippen molar-refractivity contribution in [2.75, 3.05) is 11.9 Å². The minimum absolute atomic E-state index is 0.00106. The van der Waals surface area contributed by atoms with Crippen molar-refractivity contribution in [2.24, 2.45) is 7.05 Å². The number of nitrogens with zero attached hydrogens (tertiary/aromatic N) is 3. The molecule has 0 bridgehead atoms. The topological polar surface area (TPSA) is 67.2 Å². The molecule has 1 atom stereocenters. The minimum atomic E-state index is -0.402. The Morgan fingerprint density at radius 3 is 2.74 bits per heavy atom. The number of carbonyl (C=O) groups is 2. The Bertz CT molecular complexity index is 696. The second-order valence-electron chi connectivity index (χ2n) is 5.74. The number of likely N-dealkylation sites (tertiary alicyclic amines) is 1.